The lowest BCUT2D eigenvalue weighted by atomic mass is 9.96. The van der Waals surface area contributed by atoms with Crippen LogP contribution in [0.5, 0.6) is 0 Å². The molecule has 0 saturated carbocycles. The number of benzene rings is 2. The first-order valence-corrected chi connectivity index (χ1v) is 7.74. The summed E-state index contributed by atoms with van der Waals surface area (Å²) in [5, 5.41) is 0. The van der Waals surface area contributed by atoms with Crippen LogP contribution in [0.25, 0.3) is 0 Å². The smallest absolute Gasteiger partial charge is 0.244 e. The minimum absolute atomic E-state index is 0.144. The average Bonchev–Trinajstić information content (AvgIpc) is 2.56. The zero-order valence-electron chi connectivity index (χ0n) is 13.2. The van der Waals surface area contributed by atoms with Crippen molar-refractivity contribution in [2.75, 3.05) is 20.6 Å². The first kappa shape index (κ1) is 14.8. The lowest BCUT2D eigenvalue weighted by Gasteiger charge is -2.36. The molecule has 0 saturated heterocycles. The maximum Gasteiger partial charge on any atom is 0.244 e. The fourth-order valence-corrected chi connectivity index (χ4v) is 3.13. The summed E-state index contributed by atoms with van der Waals surface area (Å²) in [4.78, 5) is 16.7. The summed E-state index contributed by atoms with van der Waals surface area (Å²) in [7, 11) is 3.66. The number of amides is 1. The van der Waals surface area contributed by atoms with Gasteiger partial charge in [-0.25, -0.2) is 0 Å². The Kier molecular flexibility index (Phi) is 4.25. The van der Waals surface area contributed by atoms with Crippen LogP contribution in [0.15, 0.2) is 54.6 Å². The van der Waals surface area contributed by atoms with E-state index in [0.29, 0.717) is 0 Å². The lowest BCUT2D eigenvalue weighted by molar-refractivity contribution is -0.135. The molecule has 0 aromatic heterocycles. The Hall–Kier alpha value is -2.13. The fourth-order valence-electron chi connectivity index (χ4n) is 3.13. The van der Waals surface area contributed by atoms with E-state index in [-0.39, 0.29) is 11.9 Å². The summed E-state index contributed by atoms with van der Waals surface area (Å²) in [6.07, 6.45) is 1.00. The molecular formula is C19H22N2O. The summed E-state index contributed by atoms with van der Waals surface area (Å²) < 4.78 is 0. The molecule has 1 aliphatic rings. The number of nitrogens with zero attached hydrogens (tertiary/aromatic N) is 2. The van der Waals surface area contributed by atoms with Gasteiger partial charge in [-0.1, -0.05) is 54.6 Å². The number of rotatable bonds is 3. The van der Waals surface area contributed by atoms with Gasteiger partial charge in [0.05, 0.1) is 0 Å². The summed E-state index contributed by atoms with van der Waals surface area (Å²) in [6.45, 7) is 1.74. The third-order valence-corrected chi connectivity index (χ3v) is 4.32. The Morgan fingerprint density at radius 3 is 2.32 bits per heavy atom. The van der Waals surface area contributed by atoms with E-state index >= 15 is 0 Å². The molecular weight excluding hydrogens is 272 g/mol. The Bertz CT molecular complexity index is 651. The Morgan fingerprint density at radius 1 is 1.00 bits per heavy atom. The lowest BCUT2D eigenvalue weighted by Crippen LogP contribution is -2.42. The summed E-state index contributed by atoms with van der Waals surface area (Å²) in [6, 6.07) is 18.4. The molecule has 0 bridgehead atoms. The van der Waals surface area contributed by atoms with E-state index < -0.39 is 0 Å². The van der Waals surface area contributed by atoms with Crippen LogP contribution < -0.4 is 0 Å². The second-order valence-electron chi connectivity index (χ2n) is 6.04. The van der Waals surface area contributed by atoms with Gasteiger partial charge in [-0.3, -0.25) is 9.69 Å². The Labute approximate surface area is 132 Å². The van der Waals surface area contributed by atoms with Gasteiger partial charge >= 0.3 is 0 Å². The van der Waals surface area contributed by atoms with Gasteiger partial charge in [0.1, 0.15) is 6.04 Å². The molecule has 3 nitrogen and oxygen atoms in total. The highest BCUT2D eigenvalue weighted by Gasteiger charge is 2.31. The van der Waals surface area contributed by atoms with Gasteiger partial charge in [-0.2, -0.15) is 0 Å². The van der Waals surface area contributed by atoms with E-state index in [4.69, 9.17) is 0 Å². The van der Waals surface area contributed by atoms with Crippen molar-refractivity contribution in [3.63, 3.8) is 0 Å². The fraction of sp³-hybridized carbons (Fsp3) is 0.316. The van der Waals surface area contributed by atoms with Crippen LogP contribution in [0.2, 0.25) is 0 Å². The van der Waals surface area contributed by atoms with Crippen molar-refractivity contribution in [3.8, 4) is 0 Å². The monoisotopic (exact) mass is 294 g/mol. The number of likely N-dealkylation sites (N-methyl/N-ethyl adjacent to an activating group) is 1. The largest absolute Gasteiger partial charge is 0.347 e. The average molecular weight is 294 g/mol. The molecule has 2 aromatic rings. The normalized spacial score (nSPS) is 15.9. The van der Waals surface area contributed by atoms with Crippen LogP contribution >= 0.6 is 0 Å². The number of hydrogen-bond acceptors (Lipinski definition) is 2. The van der Waals surface area contributed by atoms with E-state index in [9.17, 15) is 4.79 Å². The molecule has 1 amide bonds. The van der Waals surface area contributed by atoms with E-state index in [2.05, 4.69) is 29.2 Å². The minimum Gasteiger partial charge on any atom is -0.347 e. The van der Waals surface area contributed by atoms with E-state index in [1.54, 1.807) is 4.90 Å². The van der Waals surface area contributed by atoms with Crippen LogP contribution in [0.1, 0.15) is 22.7 Å². The van der Waals surface area contributed by atoms with Crippen molar-refractivity contribution in [1.29, 1.82) is 0 Å². The Balaban J connectivity index is 1.92. The summed E-state index contributed by atoms with van der Waals surface area (Å²) in [5.74, 6) is 0.144. The number of hydrogen-bond donors (Lipinski definition) is 0. The standard InChI is InChI=1S/C19H22N2O/c1-20(2)19(22)18(16-9-4-3-5-10-16)21-13-12-15-8-6-7-11-17(15)14-21/h3-11,18H,12-14H2,1-2H3/t18-/m0/s1. The highest BCUT2D eigenvalue weighted by atomic mass is 16.2. The van der Waals surface area contributed by atoms with Gasteiger partial charge in [0.2, 0.25) is 5.91 Å². The zero-order chi connectivity index (χ0) is 15.5. The van der Waals surface area contributed by atoms with Gasteiger partial charge in [0, 0.05) is 27.2 Å². The van der Waals surface area contributed by atoms with E-state index in [1.807, 2.05) is 44.4 Å². The molecule has 3 heteroatoms. The predicted octanol–water partition coefficient (Wildman–Crippen LogP) is 2.87. The van der Waals surface area contributed by atoms with Crippen molar-refractivity contribution in [2.24, 2.45) is 0 Å². The van der Waals surface area contributed by atoms with Crippen molar-refractivity contribution < 1.29 is 4.79 Å². The van der Waals surface area contributed by atoms with Crippen molar-refractivity contribution in [2.45, 2.75) is 19.0 Å². The predicted molar refractivity (Wildman–Crippen MR) is 88.4 cm³/mol. The highest BCUT2D eigenvalue weighted by Crippen LogP contribution is 2.29. The SMILES string of the molecule is CN(C)C(=O)[C@H](c1ccccc1)N1CCc2ccccc2C1. The van der Waals surface area contributed by atoms with E-state index in [0.717, 1.165) is 25.1 Å². The maximum atomic E-state index is 12.7. The third-order valence-electron chi connectivity index (χ3n) is 4.32. The molecule has 1 aliphatic heterocycles. The third kappa shape index (κ3) is 2.90. The molecule has 1 atom stereocenters. The quantitative estimate of drug-likeness (QED) is 0.869. The molecule has 0 spiro atoms. The molecule has 0 N–H and O–H groups in total. The first-order chi connectivity index (χ1) is 10.7. The first-order valence-electron chi connectivity index (χ1n) is 7.74. The van der Waals surface area contributed by atoms with Gasteiger partial charge in [0.15, 0.2) is 0 Å². The van der Waals surface area contributed by atoms with Crippen molar-refractivity contribution >= 4 is 5.91 Å². The second kappa shape index (κ2) is 6.32. The minimum atomic E-state index is -0.204. The van der Waals surface area contributed by atoms with Gasteiger partial charge in [-0.15, -0.1) is 0 Å². The van der Waals surface area contributed by atoms with Gasteiger partial charge in [-0.05, 0) is 23.1 Å². The molecule has 0 aliphatic carbocycles. The highest BCUT2D eigenvalue weighted by molar-refractivity contribution is 5.83. The second-order valence-corrected chi connectivity index (χ2v) is 6.04. The number of carbonyl (C=O) groups is 1. The van der Waals surface area contributed by atoms with E-state index in [1.165, 1.54) is 11.1 Å². The van der Waals surface area contributed by atoms with Crippen LogP contribution in [0.3, 0.4) is 0 Å². The molecule has 114 valence electrons. The molecule has 1 heterocycles. The molecule has 2 aromatic carbocycles. The molecule has 0 unspecified atom stereocenters. The summed E-state index contributed by atoms with van der Waals surface area (Å²) >= 11 is 0. The number of fused-ring (bicyclic) bond motifs is 1. The molecule has 0 fully saturated rings. The zero-order valence-corrected chi connectivity index (χ0v) is 13.2. The topological polar surface area (TPSA) is 23.6 Å². The van der Waals surface area contributed by atoms with Gasteiger partial charge in [0.25, 0.3) is 0 Å². The number of carbonyl (C=O) groups excluding carboxylic acids is 1. The molecule has 22 heavy (non-hydrogen) atoms. The van der Waals surface area contributed by atoms with Crippen molar-refractivity contribution in [3.05, 3.63) is 71.3 Å². The molecule has 0 radical (unpaired) electrons. The maximum absolute atomic E-state index is 12.7. The van der Waals surface area contributed by atoms with Crippen LogP contribution in [-0.4, -0.2) is 36.3 Å². The Morgan fingerprint density at radius 2 is 1.64 bits per heavy atom. The van der Waals surface area contributed by atoms with Crippen LogP contribution in [0.4, 0.5) is 0 Å². The van der Waals surface area contributed by atoms with Gasteiger partial charge < -0.3 is 4.90 Å². The van der Waals surface area contributed by atoms with Crippen LogP contribution in [0, 0.1) is 0 Å². The van der Waals surface area contributed by atoms with Crippen molar-refractivity contribution in [1.82, 2.24) is 9.80 Å². The molecule has 3 rings (SSSR count). The van der Waals surface area contributed by atoms with Crippen LogP contribution in [-0.2, 0) is 17.8 Å². The summed E-state index contributed by atoms with van der Waals surface area (Å²) in [5.41, 5.74) is 3.81.